The van der Waals surface area contributed by atoms with Gasteiger partial charge >= 0.3 is 12.3 Å². The Hall–Kier alpha value is -1.40. The van der Waals surface area contributed by atoms with Crippen molar-refractivity contribution < 1.29 is 31.1 Å². The van der Waals surface area contributed by atoms with Gasteiger partial charge in [0, 0.05) is 0 Å². The van der Waals surface area contributed by atoms with Gasteiger partial charge in [0.15, 0.2) is 6.67 Å². The van der Waals surface area contributed by atoms with E-state index in [1.54, 1.807) is 0 Å². The summed E-state index contributed by atoms with van der Waals surface area (Å²) in [6, 6.07) is 3.37. The van der Waals surface area contributed by atoms with Crippen molar-refractivity contribution in [2.75, 3.05) is 6.67 Å². The molecule has 0 heterocycles. The lowest BCUT2D eigenvalue weighted by Gasteiger charge is -2.18. The minimum absolute atomic E-state index is 0.573. The Labute approximate surface area is 86.6 Å². The van der Waals surface area contributed by atoms with E-state index < -0.39 is 30.3 Å². The van der Waals surface area contributed by atoms with Gasteiger partial charge in [-0.2, -0.15) is 22.0 Å². The molecule has 0 unspecified atom stereocenters. The van der Waals surface area contributed by atoms with Crippen LogP contribution in [0.15, 0.2) is 24.3 Å². The third-order valence-electron chi connectivity index (χ3n) is 1.61. The maximum absolute atomic E-state index is 12.4. The number of hydrogen-bond acceptors (Lipinski definition) is 1. The Morgan fingerprint density at radius 3 is 2.06 bits per heavy atom. The lowest BCUT2D eigenvalue weighted by atomic mass is 10.2. The van der Waals surface area contributed by atoms with Crippen LogP contribution in [0, 0.1) is 0 Å². The van der Waals surface area contributed by atoms with E-state index >= 15 is 0 Å². The molecule has 0 aliphatic rings. The van der Waals surface area contributed by atoms with Crippen LogP contribution in [-0.4, -0.2) is 12.8 Å². The quantitative estimate of drug-likeness (QED) is 0.737. The van der Waals surface area contributed by atoms with Gasteiger partial charge in [-0.15, -0.1) is 0 Å². The molecule has 1 nitrogen and oxygen atoms in total. The molecular weight excluding hydrogens is 238 g/mol. The second-order valence-electron chi connectivity index (χ2n) is 2.87. The second-order valence-corrected chi connectivity index (χ2v) is 2.87. The molecule has 1 rings (SSSR count). The highest BCUT2D eigenvalue weighted by molar-refractivity contribution is 5.35. The number of alkyl halides is 6. The highest BCUT2D eigenvalue weighted by Gasteiger charge is 2.38. The molecule has 0 N–H and O–H groups in total. The molecule has 0 bridgehead atoms. The maximum Gasteiger partial charge on any atom is 0.427 e. The number of ether oxygens (including phenoxy) is 1. The van der Waals surface area contributed by atoms with Gasteiger partial charge in [-0.05, 0) is 12.1 Å². The summed E-state index contributed by atoms with van der Waals surface area (Å²) in [5, 5.41) is 0. The highest BCUT2D eigenvalue weighted by atomic mass is 19.4. The van der Waals surface area contributed by atoms with Crippen molar-refractivity contribution in [3.8, 4) is 5.75 Å². The lowest BCUT2D eigenvalue weighted by molar-refractivity contribution is -0.192. The van der Waals surface area contributed by atoms with Gasteiger partial charge in [-0.25, -0.2) is 4.39 Å². The Bertz CT molecular complexity index is 359. The van der Waals surface area contributed by atoms with Gasteiger partial charge in [0.1, 0.15) is 5.75 Å². The van der Waals surface area contributed by atoms with Crippen LogP contribution in [0.4, 0.5) is 26.3 Å². The van der Waals surface area contributed by atoms with Crippen molar-refractivity contribution in [3.05, 3.63) is 29.8 Å². The van der Waals surface area contributed by atoms with Gasteiger partial charge < -0.3 is 4.74 Å². The number of halogens is 6. The minimum atomic E-state index is -4.83. The first-order chi connectivity index (χ1) is 7.26. The summed E-state index contributed by atoms with van der Waals surface area (Å²) in [4.78, 5) is 0. The van der Waals surface area contributed by atoms with Crippen molar-refractivity contribution in [2.45, 2.75) is 12.3 Å². The zero-order valence-corrected chi connectivity index (χ0v) is 7.69. The summed E-state index contributed by atoms with van der Waals surface area (Å²) < 4.78 is 77.2. The van der Waals surface area contributed by atoms with E-state index in [0.29, 0.717) is 12.1 Å². The van der Waals surface area contributed by atoms with E-state index in [-0.39, 0.29) is 0 Å². The molecule has 0 aliphatic heterocycles. The van der Waals surface area contributed by atoms with Crippen molar-refractivity contribution in [2.24, 2.45) is 0 Å². The molecule has 0 fully saturated rings. The maximum atomic E-state index is 12.4. The Kier molecular flexibility index (Phi) is 3.35. The molecule has 16 heavy (non-hydrogen) atoms. The third kappa shape index (κ3) is 3.04. The Balaban J connectivity index is 3.06. The van der Waals surface area contributed by atoms with Crippen LogP contribution in [0.1, 0.15) is 5.56 Å². The fourth-order valence-corrected chi connectivity index (χ4v) is 0.978. The summed E-state index contributed by atoms with van der Waals surface area (Å²) >= 11 is 0. The van der Waals surface area contributed by atoms with Gasteiger partial charge in [-0.1, -0.05) is 12.1 Å². The fraction of sp³-hybridized carbons (Fsp3) is 0.333. The van der Waals surface area contributed by atoms with E-state index in [9.17, 15) is 26.3 Å². The van der Waals surface area contributed by atoms with Crippen LogP contribution < -0.4 is 4.74 Å². The molecule has 7 heteroatoms. The van der Waals surface area contributed by atoms with E-state index in [1.807, 2.05) is 0 Å². The van der Waals surface area contributed by atoms with Crippen LogP contribution in [0.25, 0.3) is 0 Å². The molecule has 1 aromatic rings. The smallest absolute Gasteiger partial charge is 0.427 e. The third-order valence-corrected chi connectivity index (χ3v) is 1.61. The molecule has 0 atom stereocenters. The summed E-state index contributed by atoms with van der Waals surface area (Å²) in [6.45, 7) is -2.20. The van der Waals surface area contributed by atoms with E-state index in [1.165, 1.54) is 0 Å². The molecule has 90 valence electrons. The molecule has 0 amide bonds. The summed E-state index contributed by atoms with van der Waals surface area (Å²) in [7, 11) is 0. The Morgan fingerprint density at radius 2 is 1.56 bits per heavy atom. The monoisotopic (exact) mass is 244 g/mol. The fourth-order valence-electron chi connectivity index (χ4n) is 0.978. The molecule has 0 saturated heterocycles. The predicted molar refractivity (Wildman–Crippen MR) is 43.0 cm³/mol. The van der Waals surface area contributed by atoms with Crippen LogP contribution in [0.5, 0.6) is 5.75 Å². The number of rotatable bonds is 3. The van der Waals surface area contributed by atoms with E-state index in [2.05, 4.69) is 4.74 Å². The molecule has 0 radical (unpaired) electrons. The van der Waals surface area contributed by atoms with Gasteiger partial charge in [0.2, 0.25) is 0 Å². The first-order valence-electron chi connectivity index (χ1n) is 4.05. The number of para-hydroxylation sites is 1. The van der Waals surface area contributed by atoms with Gasteiger partial charge in [0.05, 0.1) is 5.56 Å². The zero-order valence-electron chi connectivity index (χ0n) is 7.69. The van der Waals surface area contributed by atoms with Crippen molar-refractivity contribution in [1.29, 1.82) is 0 Å². The van der Waals surface area contributed by atoms with Crippen LogP contribution in [0.2, 0.25) is 0 Å². The van der Waals surface area contributed by atoms with Crippen LogP contribution >= 0.6 is 0 Å². The normalized spacial score (nSPS) is 12.6. The first-order valence-corrected chi connectivity index (χ1v) is 4.05. The minimum Gasteiger partial charge on any atom is -0.430 e. The summed E-state index contributed by atoms with van der Waals surface area (Å²) in [5.74, 6) is -1.10. The van der Waals surface area contributed by atoms with Crippen molar-refractivity contribution in [3.63, 3.8) is 0 Å². The van der Waals surface area contributed by atoms with E-state index in [4.69, 9.17) is 0 Å². The molecule has 0 spiro atoms. The molecule has 0 aromatic heterocycles. The van der Waals surface area contributed by atoms with E-state index in [0.717, 1.165) is 12.1 Å². The summed E-state index contributed by atoms with van der Waals surface area (Å²) in [5.41, 5.74) is -1.37. The topological polar surface area (TPSA) is 9.23 Å². The first kappa shape index (κ1) is 12.7. The van der Waals surface area contributed by atoms with Crippen molar-refractivity contribution in [1.82, 2.24) is 0 Å². The van der Waals surface area contributed by atoms with Gasteiger partial charge in [0.25, 0.3) is 0 Å². The molecular formula is C9H6F6O. The van der Waals surface area contributed by atoms with Crippen LogP contribution in [-0.2, 0) is 6.18 Å². The molecule has 1 aromatic carbocycles. The number of hydrogen-bond donors (Lipinski definition) is 0. The highest BCUT2D eigenvalue weighted by Crippen LogP contribution is 2.37. The zero-order chi connectivity index (χ0) is 12.4. The number of benzene rings is 1. The van der Waals surface area contributed by atoms with Crippen LogP contribution in [0.3, 0.4) is 0 Å². The Morgan fingerprint density at radius 1 is 1.00 bits per heavy atom. The standard InChI is InChI=1S/C9H6F6O/c10-5-8(11,12)16-7-4-2-1-3-6(7)9(13,14)15/h1-4H,5H2. The lowest BCUT2D eigenvalue weighted by Crippen LogP contribution is -2.28. The largest absolute Gasteiger partial charge is 0.430 e. The average Bonchev–Trinajstić information content (AvgIpc) is 2.16. The van der Waals surface area contributed by atoms with Gasteiger partial charge in [-0.3, -0.25) is 0 Å². The average molecular weight is 244 g/mol. The molecule has 0 aliphatic carbocycles. The molecule has 0 saturated carbocycles. The second kappa shape index (κ2) is 4.23. The summed E-state index contributed by atoms with van der Waals surface area (Å²) in [6.07, 6.45) is -9.09. The SMILES string of the molecule is FCC(F)(F)Oc1ccccc1C(F)(F)F. The predicted octanol–water partition coefficient (Wildman–Crippen LogP) is 3.65. The van der Waals surface area contributed by atoms with Crippen molar-refractivity contribution >= 4 is 0 Å².